The average molecular weight is 667 g/mol. The first-order valence-electron chi connectivity index (χ1n) is 14.7. The van der Waals surface area contributed by atoms with Crippen molar-refractivity contribution in [3.63, 3.8) is 0 Å². The van der Waals surface area contributed by atoms with Crippen LogP contribution in [0, 0.1) is 29.4 Å². The summed E-state index contributed by atoms with van der Waals surface area (Å²) in [5, 5.41) is 20.5. The van der Waals surface area contributed by atoms with E-state index in [1.165, 1.54) is 41.3 Å². The minimum atomic E-state index is -2.29. The molecule has 2 aliphatic carbocycles. The van der Waals surface area contributed by atoms with Crippen LogP contribution in [0.15, 0.2) is 78.4 Å². The maximum absolute atomic E-state index is 14.8. The van der Waals surface area contributed by atoms with Crippen molar-refractivity contribution in [2.45, 2.75) is 34.9 Å². The first-order valence-corrected chi connectivity index (χ1v) is 15.5. The van der Waals surface area contributed by atoms with Crippen LogP contribution in [0.1, 0.15) is 29.9 Å². The van der Waals surface area contributed by atoms with E-state index in [2.05, 4.69) is 0 Å². The molecule has 2 heterocycles. The van der Waals surface area contributed by atoms with E-state index < -0.39 is 68.5 Å². The van der Waals surface area contributed by atoms with Gasteiger partial charge in [0.05, 0.1) is 17.5 Å². The van der Waals surface area contributed by atoms with Gasteiger partial charge in [0, 0.05) is 18.0 Å². The van der Waals surface area contributed by atoms with Gasteiger partial charge in [-0.25, -0.2) is 13.7 Å². The van der Waals surface area contributed by atoms with Crippen molar-refractivity contribution in [1.82, 2.24) is 4.90 Å². The van der Waals surface area contributed by atoms with Crippen LogP contribution in [0.25, 0.3) is 0 Å². The van der Waals surface area contributed by atoms with E-state index in [0.717, 1.165) is 28.7 Å². The number of carbonyl (C=O) groups is 4. The Kier molecular flexibility index (Phi) is 7.02. The Bertz CT molecular complexity index is 1850. The highest BCUT2D eigenvalue weighted by atomic mass is 35.5. The Balaban J connectivity index is 1.33. The third kappa shape index (κ3) is 4.15. The number of nitrogens with zero attached hydrogens (tertiary/aromatic N) is 2. The Morgan fingerprint density at radius 1 is 0.848 bits per heavy atom. The Morgan fingerprint density at radius 2 is 1.54 bits per heavy atom. The van der Waals surface area contributed by atoms with Gasteiger partial charge in [-0.1, -0.05) is 35.9 Å². The highest BCUT2D eigenvalue weighted by Crippen LogP contribution is 2.66. The average Bonchev–Trinajstić information content (AvgIpc) is 3.36. The summed E-state index contributed by atoms with van der Waals surface area (Å²) in [4.78, 5) is 53.6. The molecule has 8 nitrogen and oxygen atoms in total. The summed E-state index contributed by atoms with van der Waals surface area (Å²) in [5.41, 5.74) is 1.11. The predicted molar refractivity (Wildman–Crippen MR) is 163 cm³/mol. The number of alkyl halides is 2. The molecular formula is C34H26Cl2F2N2O6. The van der Waals surface area contributed by atoms with E-state index in [4.69, 9.17) is 23.2 Å². The molecular weight excluding hydrogens is 641 g/mol. The summed E-state index contributed by atoms with van der Waals surface area (Å²) in [6, 6.07) is 14.7. The van der Waals surface area contributed by atoms with Crippen LogP contribution < -0.4 is 4.90 Å². The van der Waals surface area contributed by atoms with Gasteiger partial charge < -0.3 is 10.2 Å². The predicted octanol–water partition coefficient (Wildman–Crippen LogP) is 5.18. The molecule has 1 saturated carbocycles. The highest BCUT2D eigenvalue weighted by molar-refractivity contribution is 6.58. The fourth-order valence-electron chi connectivity index (χ4n) is 7.70. The summed E-state index contributed by atoms with van der Waals surface area (Å²) in [5.74, 6) is -8.97. The lowest BCUT2D eigenvalue weighted by atomic mass is 9.56. The van der Waals surface area contributed by atoms with Gasteiger partial charge in [0.2, 0.25) is 11.8 Å². The van der Waals surface area contributed by atoms with Crippen molar-refractivity contribution in [2.75, 3.05) is 11.4 Å². The minimum absolute atomic E-state index is 0.00965. The number of rotatable bonds is 5. The van der Waals surface area contributed by atoms with Crippen LogP contribution in [0.3, 0.4) is 0 Å². The molecule has 3 aromatic rings. The molecule has 3 aromatic carbocycles. The van der Waals surface area contributed by atoms with Crippen molar-refractivity contribution in [3.8, 4) is 11.5 Å². The molecule has 236 valence electrons. The highest BCUT2D eigenvalue weighted by Gasteiger charge is 2.77. The number of carbonyl (C=O) groups excluding carboxylic acids is 4. The molecule has 4 aliphatic rings. The monoisotopic (exact) mass is 666 g/mol. The standard InChI is InChI=1S/C34H26Cl2F2N2O6/c35-33-16-24-21(12-13-22-26(24)30(44)39(29(22)43)15-14-17-4-10-20(41)11-5-17)27(23-2-1-3-25(38)28(23)42)34(33,36)32(46)40(31(33)45)19-8-6-18(37)7-9-19/h1-12,22,24,26-27,41-42H,13-16H2/t22-,24+,26-,27+,33+,34-/m0/s1. The molecule has 12 heteroatoms. The fourth-order valence-corrected chi connectivity index (χ4v) is 8.63. The number of halogens is 4. The number of imide groups is 2. The van der Waals surface area contributed by atoms with E-state index in [9.17, 15) is 38.2 Å². The zero-order chi connectivity index (χ0) is 32.7. The molecule has 0 aromatic heterocycles. The number of anilines is 1. The third-order valence-electron chi connectivity index (χ3n) is 9.88. The number of aromatic hydroxyl groups is 2. The SMILES string of the molecule is O=C1[C@H]2[C@H](CC=C3[C@H]2C[C@@]2(Cl)C(=O)N(c4ccc(F)cc4)C(=O)[C@@]2(Cl)[C@H]3c2cccc(F)c2O)C(=O)N1CCc1ccc(O)cc1. The number of phenols is 2. The molecule has 2 saturated heterocycles. The van der Waals surface area contributed by atoms with E-state index in [1.54, 1.807) is 18.2 Å². The second kappa shape index (κ2) is 10.6. The Labute approximate surface area is 271 Å². The third-order valence-corrected chi connectivity index (χ3v) is 11.3. The van der Waals surface area contributed by atoms with E-state index in [-0.39, 0.29) is 42.3 Å². The molecule has 0 unspecified atom stereocenters. The van der Waals surface area contributed by atoms with Gasteiger partial charge in [-0.2, -0.15) is 0 Å². The van der Waals surface area contributed by atoms with Crippen LogP contribution in [-0.4, -0.2) is 55.0 Å². The number of likely N-dealkylation sites (tertiary alicyclic amines) is 1. The van der Waals surface area contributed by atoms with Gasteiger partial charge in [0.1, 0.15) is 11.6 Å². The quantitative estimate of drug-likeness (QED) is 0.220. The molecule has 6 atom stereocenters. The number of phenolic OH excluding ortho intramolecular Hbond substituents is 2. The van der Waals surface area contributed by atoms with Gasteiger partial charge >= 0.3 is 0 Å². The number of amides is 4. The summed E-state index contributed by atoms with van der Waals surface area (Å²) in [6.07, 6.45) is 1.83. The first-order chi connectivity index (χ1) is 21.9. The molecule has 3 fully saturated rings. The summed E-state index contributed by atoms with van der Waals surface area (Å²) < 4.78 is 28.6. The van der Waals surface area contributed by atoms with Crippen LogP contribution in [0.2, 0.25) is 0 Å². The summed E-state index contributed by atoms with van der Waals surface area (Å²) in [6.45, 7) is 0.0762. The second-order valence-corrected chi connectivity index (χ2v) is 13.4. The van der Waals surface area contributed by atoms with Gasteiger partial charge in [0.15, 0.2) is 21.3 Å². The van der Waals surface area contributed by atoms with Crippen LogP contribution in [0.4, 0.5) is 14.5 Å². The first kappa shape index (κ1) is 30.4. The molecule has 0 radical (unpaired) electrons. The zero-order valence-corrected chi connectivity index (χ0v) is 25.5. The number of hydrogen-bond donors (Lipinski definition) is 2. The maximum atomic E-state index is 14.8. The number of benzene rings is 3. The van der Waals surface area contributed by atoms with Crippen LogP contribution in [0.5, 0.6) is 11.5 Å². The summed E-state index contributed by atoms with van der Waals surface area (Å²) in [7, 11) is 0. The molecule has 46 heavy (non-hydrogen) atoms. The van der Waals surface area contributed by atoms with Gasteiger partial charge in [0.25, 0.3) is 11.8 Å². The molecule has 0 bridgehead atoms. The lowest BCUT2D eigenvalue weighted by molar-refractivity contribution is -0.140. The number of fused-ring (bicyclic) bond motifs is 4. The zero-order valence-electron chi connectivity index (χ0n) is 24.0. The lowest BCUT2D eigenvalue weighted by Gasteiger charge is -2.50. The van der Waals surface area contributed by atoms with Crippen molar-refractivity contribution in [2.24, 2.45) is 17.8 Å². The number of para-hydroxylation sites is 1. The van der Waals surface area contributed by atoms with E-state index in [1.807, 2.05) is 0 Å². The smallest absolute Gasteiger partial charge is 0.258 e. The van der Waals surface area contributed by atoms with E-state index in [0.29, 0.717) is 12.0 Å². The normalized spacial score (nSPS) is 30.3. The molecule has 7 rings (SSSR count). The van der Waals surface area contributed by atoms with Crippen molar-refractivity contribution in [1.29, 1.82) is 0 Å². The van der Waals surface area contributed by atoms with Gasteiger partial charge in [-0.3, -0.25) is 24.1 Å². The molecule has 4 amide bonds. The molecule has 2 aliphatic heterocycles. The van der Waals surface area contributed by atoms with Gasteiger partial charge in [-0.05, 0) is 73.2 Å². The topological polar surface area (TPSA) is 115 Å². The van der Waals surface area contributed by atoms with Crippen molar-refractivity contribution < 1.29 is 38.2 Å². The van der Waals surface area contributed by atoms with Crippen molar-refractivity contribution >= 4 is 52.5 Å². The van der Waals surface area contributed by atoms with E-state index >= 15 is 0 Å². The summed E-state index contributed by atoms with van der Waals surface area (Å²) >= 11 is 14.5. The molecule has 0 spiro atoms. The Morgan fingerprint density at radius 3 is 2.24 bits per heavy atom. The second-order valence-electron chi connectivity index (χ2n) is 12.2. The van der Waals surface area contributed by atoms with Crippen LogP contribution >= 0.6 is 23.2 Å². The lowest BCUT2D eigenvalue weighted by Crippen LogP contribution is -2.60. The minimum Gasteiger partial charge on any atom is -0.508 e. The maximum Gasteiger partial charge on any atom is 0.258 e. The largest absolute Gasteiger partial charge is 0.508 e. The molecule has 2 N–H and O–H groups in total. The van der Waals surface area contributed by atoms with Gasteiger partial charge in [-0.15, -0.1) is 23.2 Å². The Hall–Kier alpha value is -4.28. The number of allylic oxidation sites excluding steroid dienone is 2. The van der Waals surface area contributed by atoms with Crippen molar-refractivity contribution in [3.05, 3.63) is 101 Å². The van der Waals surface area contributed by atoms with Crippen LogP contribution in [-0.2, 0) is 25.6 Å². The fraction of sp³-hybridized carbons (Fsp3) is 0.294. The number of hydrogen-bond acceptors (Lipinski definition) is 6.